The number of sulfone groups is 1. The number of halogens is 4. The SMILES string of the molecule is Cc1onc(-c2ccc(F)cc2)c1COc1ccc(C(=O)N2CCS(=O)(=O)CC2)cn1.OC(F)(F)CF. The summed E-state index contributed by atoms with van der Waals surface area (Å²) >= 11 is 0. The number of carbonyl (C=O) groups excluding carboxylic acids is 1. The molecule has 0 bridgehead atoms. The van der Waals surface area contributed by atoms with Crippen LogP contribution >= 0.6 is 0 Å². The molecule has 1 aliphatic heterocycles. The van der Waals surface area contributed by atoms with Gasteiger partial charge in [0.15, 0.2) is 16.5 Å². The third-order valence-electron chi connectivity index (χ3n) is 5.24. The molecule has 0 saturated carbocycles. The Morgan fingerprint density at radius 1 is 1.16 bits per heavy atom. The molecule has 3 aromatic rings. The van der Waals surface area contributed by atoms with Gasteiger partial charge in [0.05, 0.1) is 22.6 Å². The number of rotatable bonds is 6. The number of ether oxygens (including phenoxy) is 1. The van der Waals surface area contributed by atoms with Crippen LogP contribution in [0.25, 0.3) is 11.3 Å². The second-order valence-corrected chi connectivity index (χ2v) is 10.3. The van der Waals surface area contributed by atoms with E-state index >= 15 is 0 Å². The summed E-state index contributed by atoms with van der Waals surface area (Å²) in [6.45, 7) is 0.239. The van der Waals surface area contributed by atoms with E-state index in [4.69, 9.17) is 14.4 Å². The van der Waals surface area contributed by atoms with Gasteiger partial charge in [0.1, 0.15) is 23.9 Å². The minimum absolute atomic E-state index is 0.0260. The fraction of sp³-hybridized carbons (Fsp3) is 0.348. The van der Waals surface area contributed by atoms with E-state index in [0.29, 0.717) is 34.0 Å². The van der Waals surface area contributed by atoms with Crippen molar-refractivity contribution in [1.29, 1.82) is 0 Å². The molecule has 1 saturated heterocycles. The van der Waals surface area contributed by atoms with E-state index in [9.17, 15) is 30.8 Å². The summed E-state index contributed by atoms with van der Waals surface area (Å²) in [4.78, 5) is 18.2. The zero-order valence-electron chi connectivity index (χ0n) is 19.5. The number of carbonyl (C=O) groups is 1. The minimum atomic E-state index is -4.12. The number of aromatic nitrogens is 2. The van der Waals surface area contributed by atoms with Crippen LogP contribution in [0, 0.1) is 12.7 Å². The van der Waals surface area contributed by atoms with E-state index in [2.05, 4.69) is 10.1 Å². The standard InChI is InChI=1S/C21H20FN3O5S.C2H3F3O/c1-14-18(20(24-30-14)15-2-5-17(22)6-3-15)13-29-19-7-4-16(12-23-19)21(26)25-8-10-31(27,28)11-9-25;3-1-2(4,5)6/h2-7,12H,8-11,13H2,1H3;6H,1H2. The fourth-order valence-corrected chi connectivity index (χ4v) is 4.43. The van der Waals surface area contributed by atoms with Gasteiger partial charge in [-0.05, 0) is 37.3 Å². The molecule has 1 aromatic carbocycles. The molecule has 200 valence electrons. The molecule has 1 N–H and O–H groups in total. The molecule has 0 spiro atoms. The first-order valence-electron chi connectivity index (χ1n) is 10.8. The highest BCUT2D eigenvalue weighted by Crippen LogP contribution is 2.26. The molecule has 0 radical (unpaired) electrons. The maximum Gasteiger partial charge on any atom is 0.381 e. The molecule has 1 aliphatic rings. The van der Waals surface area contributed by atoms with Crippen molar-refractivity contribution in [3.05, 3.63) is 65.3 Å². The molecular formula is C23H23F4N3O6S. The molecule has 0 aliphatic carbocycles. The van der Waals surface area contributed by atoms with Gasteiger partial charge in [-0.15, -0.1) is 0 Å². The summed E-state index contributed by atoms with van der Waals surface area (Å²) < 4.78 is 79.0. The van der Waals surface area contributed by atoms with Gasteiger partial charge in [0, 0.05) is 30.9 Å². The van der Waals surface area contributed by atoms with Gasteiger partial charge in [0.25, 0.3) is 5.91 Å². The lowest BCUT2D eigenvalue weighted by molar-refractivity contribution is -0.208. The van der Waals surface area contributed by atoms with E-state index in [1.54, 1.807) is 31.2 Å². The minimum Gasteiger partial charge on any atom is -0.473 e. The molecule has 0 unspecified atom stereocenters. The van der Waals surface area contributed by atoms with Gasteiger partial charge in [-0.3, -0.25) is 4.79 Å². The molecule has 4 rings (SSSR count). The molecule has 0 atom stereocenters. The van der Waals surface area contributed by atoms with E-state index in [1.165, 1.54) is 23.2 Å². The van der Waals surface area contributed by atoms with Gasteiger partial charge < -0.3 is 19.3 Å². The Morgan fingerprint density at radius 2 is 1.78 bits per heavy atom. The van der Waals surface area contributed by atoms with Crippen molar-refractivity contribution >= 4 is 15.7 Å². The zero-order valence-corrected chi connectivity index (χ0v) is 20.4. The number of hydrogen-bond acceptors (Lipinski definition) is 8. The molecule has 9 nitrogen and oxygen atoms in total. The monoisotopic (exact) mass is 545 g/mol. The number of aryl methyl sites for hydroxylation is 1. The normalized spacial score (nSPS) is 15.0. The lowest BCUT2D eigenvalue weighted by Crippen LogP contribution is -2.43. The summed E-state index contributed by atoms with van der Waals surface area (Å²) in [5, 5.41) is 11.2. The topological polar surface area (TPSA) is 123 Å². The van der Waals surface area contributed by atoms with E-state index < -0.39 is 22.6 Å². The van der Waals surface area contributed by atoms with E-state index in [1.807, 2.05) is 0 Å². The molecule has 37 heavy (non-hydrogen) atoms. The third-order valence-corrected chi connectivity index (χ3v) is 6.85. The maximum atomic E-state index is 13.2. The van der Waals surface area contributed by atoms with Crippen LogP contribution in [-0.4, -0.2) is 71.9 Å². The summed E-state index contributed by atoms with van der Waals surface area (Å²) in [6, 6.07) is 9.09. The van der Waals surface area contributed by atoms with Gasteiger partial charge >= 0.3 is 6.11 Å². The van der Waals surface area contributed by atoms with Crippen molar-refractivity contribution in [2.24, 2.45) is 0 Å². The van der Waals surface area contributed by atoms with E-state index in [0.717, 1.165) is 0 Å². The van der Waals surface area contributed by atoms with Gasteiger partial charge in [-0.25, -0.2) is 22.2 Å². The van der Waals surface area contributed by atoms with Crippen molar-refractivity contribution in [3.63, 3.8) is 0 Å². The molecule has 2 aromatic heterocycles. The van der Waals surface area contributed by atoms with Gasteiger partial charge in [-0.2, -0.15) is 8.78 Å². The maximum absolute atomic E-state index is 13.2. The number of amides is 1. The predicted octanol–water partition coefficient (Wildman–Crippen LogP) is 3.17. The fourth-order valence-electron chi connectivity index (χ4n) is 3.23. The number of alkyl halides is 3. The average molecular weight is 546 g/mol. The predicted molar refractivity (Wildman–Crippen MR) is 123 cm³/mol. The number of nitrogens with zero attached hydrogens (tertiary/aromatic N) is 3. The molecule has 14 heteroatoms. The summed E-state index contributed by atoms with van der Waals surface area (Å²) in [7, 11) is -3.06. The molecular weight excluding hydrogens is 522 g/mol. The number of benzene rings is 1. The Hall–Kier alpha value is -3.52. The lowest BCUT2D eigenvalue weighted by atomic mass is 10.1. The first-order valence-corrected chi connectivity index (χ1v) is 12.7. The number of aliphatic hydroxyl groups is 1. The van der Waals surface area contributed by atoms with Crippen molar-refractivity contribution in [2.45, 2.75) is 19.6 Å². The number of pyridine rings is 1. The highest BCUT2D eigenvalue weighted by molar-refractivity contribution is 7.91. The number of hydrogen-bond donors (Lipinski definition) is 1. The summed E-state index contributed by atoms with van der Waals surface area (Å²) in [5.41, 5.74) is 2.33. The first kappa shape index (κ1) is 28.1. The van der Waals surface area contributed by atoms with Crippen LogP contribution in [-0.2, 0) is 16.4 Å². The smallest absolute Gasteiger partial charge is 0.381 e. The lowest BCUT2D eigenvalue weighted by Gasteiger charge is -2.26. The quantitative estimate of drug-likeness (QED) is 0.469. The van der Waals surface area contributed by atoms with Crippen molar-refractivity contribution in [3.8, 4) is 17.1 Å². The average Bonchev–Trinajstić information content (AvgIpc) is 3.23. The second-order valence-electron chi connectivity index (χ2n) is 7.99. The van der Waals surface area contributed by atoms with Crippen molar-refractivity contribution in [1.82, 2.24) is 15.0 Å². The van der Waals surface area contributed by atoms with Crippen LogP contribution in [0.2, 0.25) is 0 Å². The third kappa shape index (κ3) is 7.98. The van der Waals surface area contributed by atoms with Crippen LogP contribution in [0.5, 0.6) is 5.88 Å². The Kier molecular flexibility index (Phi) is 8.86. The van der Waals surface area contributed by atoms with Crippen LogP contribution in [0.3, 0.4) is 0 Å². The highest BCUT2D eigenvalue weighted by atomic mass is 32.2. The van der Waals surface area contributed by atoms with Crippen molar-refractivity contribution in [2.75, 3.05) is 31.3 Å². The van der Waals surface area contributed by atoms with Crippen LogP contribution < -0.4 is 4.74 Å². The summed E-state index contributed by atoms with van der Waals surface area (Å²) in [5.74, 6) is 0.229. The van der Waals surface area contributed by atoms with Crippen LogP contribution in [0.1, 0.15) is 21.7 Å². The highest BCUT2D eigenvalue weighted by Gasteiger charge is 2.26. The molecule has 1 fully saturated rings. The van der Waals surface area contributed by atoms with Gasteiger partial charge in [-0.1, -0.05) is 5.16 Å². The van der Waals surface area contributed by atoms with E-state index in [-0.39, 0.29) is 42.9 Å². The summed E-state index contributed by atoms with van der Waals surface area (Å²) in [6.07, 6.45) is -2.72. The van der Waals surface area contributed by atoms with Crippen molar-refractivity contribution < 1.29 is 45.1 Å². The molecule has 3 heterocycles. The van der Waals surface area contributed by atoms with Crippen LogP contribution in [0.15, 0.2) is 47.1 Å². The zero-order chi connectivity index (χ0) is 27.2. The Labute approximate surface area is 209 Å². The Morgan fingerprint density at radius 3 is 2.32 bits per heavy atom. The van der Waals surface area contributed by atoms with Crippen LogP contribution in [0.4, 0.5) is 17.6 Å². The first-order chi connectivity index (χ1) is 17.4. The Bertz CT molecular complexity index is 1300. The molecule has 1 amide bonds. The van der Waals surface area contributed by atoms with Gasteiger partial charge in [0.2, 0.25) is 5.88 Å². The second kappa shape index (κ2) is 11.7. The Balaban J connectivity index is 0.000000568. The largest absolute Gasteiger partial charge is 0.473 e.